The Morgan fingerprint density at radius 2 is 1.97 bits per heavy atom. The molecule has 0 bridgehead atoms. The molecule has 1 amide bonds. The molecular weight excluding hydrogens is 434 g/mol. The number of H-pyrrole nitrogens is 1. The van der Waals surface area contributed by atoms with E-state index in [1.165, 1.54) is 0 Å². The predicted octanol–water partition coefficient (Wildman–Crippen LogP) is 2.77. The average Bonchev–Trinajstić information content (AvgIpc) is 3.44. The molecule has 0 aliphatic carbocycles. The zero-order valence-corrected chi connectivity index (χ0v) is 19.8. The third-order valence-electron chi connectivity index (χ3n) is 5.42. The number of amides is 1. The molecule has 0 atom stereocenters. The van der Waals surface area contributed by atoms with Gasteiger partial charge in [0, 0.05) is 50.6 Å². The molecule has 1 fully saturated rings. The molecule has 4 rings (SSSR count). The van der Waals surface area contributed by atoms with E-state index in [2.05, 4.69) is 37.9 Å². The first kappa shape index (κ1) is 25.1. The molecule has 9 heteroatoms. The minimum absolute atomic E-state index is 0.507. The van der Waals surface area contributed by atoms with Gasteiger partial charge in [0.1, 0.15) is 18.1 Å². The summed E-state index contributed by atoms with van der Waals surface area (Å²) in [6.07, 6.45) is 4.37. The van der Waals surface area contributed by atoms with Crippen LogP contribution < -0.4 is 20.1 Å². The summed E-state index contributed by atoms with van der Waals surface area (Å²) in [6, 6.07) is 13.7. The smallest absolute Gasteiger partial charge is 0.207 e. The van der Waals surface area contributed by atoms with Crippen molar-refractivity contribution < 1.29 is 19.0 Å². The van der Waals surface area contributed by atoms with E-state index >= 15 is 0 Å². The number of methoxy groups -OCH3 is 1. The molecule has 0 unspecified atom stereocenters. The number of morpholine rings is 1. The Bertz CT molecular complexity index is 991. The number of nitrogens with zero attached hydrogens (tertiary/aromatic N) is 2. The van der Waals surface area contributed by atoms with Crippen molar-refractivity contribution in [3.8, 4) is 22.6 Å². The van der Waals surface area contributed by atoms with E-state index in [0.29, 0.717) is 19.6 Å². The van der Waals surface area contributed by atoms with Gasteiger partial charge in [-0.25, -0.2) is 0 Å². The van der Waals surface area contributed by atoms with Gasteiger partial charge < -0.3 is 24.8 Å². The molecule has 1 aromatic heterocycles. The van der Waals surface area contributed by atoms with Crippen molar-refractivity contribution in [3.05, 3.63) is 60.4 Å². The van der Waals surface area contributed by atoms with Crippen LogP contribution in [0.15, 0.2) is 54.9 Å². The highest BCUT2D eigenvalue weighted by molar-refractivity contribution is 5.69. The number of carbonyl (C=O) groups is 1. The number of aromatic amines is 1. The molecule has 0 radical (unpaired) electrons. The lowest BCUT2D eigenvalue weighted by atomic mass is 10.1. The second kappa shape index (κ2) is 13.9. The molecule has 3 N–H and O–H groups in total. The summed E-state index contributed by atoms with van der Waals surface area (Å²) in [6.45, 7) is 5.70. The van der Waals surface area contributed by atoms with Gasteiger partial charge in [-0.3, -0.25) is 14.8 Å². The maximum Gasteiger partial charge on any atom is 0.207 e. The number of nitrogens with one attached hydrogen (secondary N) is 3. The Balaban J connectivity index is 0.000000229. The Hall–Kier alpha value is -3.56. The van der Waals surface area contributed by atoms with Crippen LogP contribution in [0.2, 0.25) is 0 Å². The molecule has 3 aromatic rings. The molecule has 1 aliphatic rings. The lowest BCUT2D eigenvalue weighted by Crippen LogP contribution is -2.38. The van der Waals surface area contributed by atoms with Crippen LogP contribution in [0.4, 0.5) is 5.69 Å². The summed E-state index contributed by atoms with van der Waals surface area (Å²) in [5.74, 6) is 1.67. The van der Waals surface area contributed by atoms with Crippen molar-refractivity contribution in [2.75, 3.05) is 58.9 Å². The van der Waals surface area contributed by atoms with Crippen molar-refractivity contribution in [3.63, 3.8) is 0 Å². The third-order valence-corrected chi connectivity index (χ3v) is 5.42. The zero-order chi connectivity index (χ0) is 24.0. The van der Waals surface area contributed by atoms with Gasteiger partial charge in [0.15, 0.2) is 0 Å². The average molecular weight is 468 g/mol. The molecule has 1 saturated heterocycles. The van der Waals surface area contributed by atoms with Gasteiger partial charge >= 0.3 is 0 Å². The molecule has 0 spiro atoms. The van der Waals surface area contributed by atoms with Crippen LogP contribution >= 0.6 is 0 Å². The fraction of sp³-hybridized carbons (Fsp3) is 0.360. The van der Waals surface area contributed by atoms with Gasteiger partial charge in [0.05, 0.1) is 32.2 Å². The topological polar surface area (TPSA) is 101 Å². The predicted molar refractivity (Wildman–Crippen MR) is 132 cm³/mol. The normalized spacial score (nSPS) is 13.4. The summed E-state index contributed by atoms with van der Waals surface area (Å²) in [5, 5.41) is 12.6. The van der Waals surface area contributed by atoms with E-state index in [1.54, 1.807) is 7.11 Å². The maximum atomic E-state index is 10.0. The number of anilines is 1. The van der Waals surface area contributed by atoms with Crippen molar-refractivity contribution in [2.24, 2.45) is 0 Å². The number of carbonyl (C=O) groups excluding carboxylic acids is 1. The number of benzene rings is 2. The number of ether oxygens (including phenoxy) is 3. The van der Waals surface area contributed by atoms with E-state index in [4.69, 9.17) is 14.2 Å². The molecule has 182 valence electrons. The lowest BCUT2D eigenvalue weighted by Gasteiger charge is -2.26. The Morgan fingerprint density at radius 3 is 2.68 bits per heavy atom. The van der Waals surface area contributed by atoms with Crippen LogP contribution in [0.5, 0.6) is 11.5 Å². The van der Waals surface area contributed by atoms with Crippen LogP contribution in [0, 0.1) is 0 Å². The number of para-hydroxylation sites is 1. The molecule has 9 nitrogen and oxygen atoms in total. The van der Waals surface area contributed by atoms with Crippen molar-refractivity contribution in [1.82, 2.24) is 20.4 Å². The van der Waals surface area contributed by atoms with Gasteiger partial charge in [-0.15, -0.1) is 0 Å². The van der Waals surface area contributed by atoms with Crippen LogP contribution in [0.25, 0.3) is 11.1 Å². The fourth-order valence-corrected chi connectivity index (χ4v) is 3.55. The second-order valence-corrected chi connectivity index (χ2v) is 7.56. The van der Waals surface area contributed by atoms with E-state index < -0.39 is 0 Å². The summed E-state index contributed by atoms with van der Waals surface area (Å²) >= 11 is 0. The fourth-order valence-electron chi connectivity index (χ4n) is 3.55. The van der Waals surface area contributed by atoms with Gasteiger partial charge in [-0.05, 0) is 23.8 Å². The molecule has 2 aromatic carbocycles. The quantitative estimate of drug-likeness (QED) is 0.394. The highest BCUT2D eigenvalue weighted by Gasteiger charge is 2.11. The first-order valence-electron chi connectivity index (χ1n) is 11.3. The number of rotatable bonds is 10. The third kappa shape index (κ3) is 7.50. The number of hydrogen-bond donors (Lipinski definition) is 3. The first-order chi connectivity index (χ1) is 16.7. The SMILES string of the molecule is CNc1ccc(-c2cn[nH]c2)cc1OCCN1CCOCC1.COc1ccccc1CNC=O. The lowest BCUT2D eigenvalue weighted by molar-refractivity contribution is -0.109. The van der Waals surface area contributed by atoms with E-state index in [9.17, 15) is 4.79 Å². The molecule has 2 heterocycles. The monoisotopic (exact) mass is 467 g/mol. The highest BCUT2D eigenvalue weighted by atomic mass is 16.5. The van der Waals surface area contributed by atoms with Gasteiger partial charge in [-0.1, -0.05) is 24.3 Å². The molecular formula is C25H33N5O4. The molecule has 34 heavy (non-hydrogen) atoms. The molecule has 1 aliphatic heterocycles. The van der Waals surface area contributed by atoms with Crippen molar-refractivity contribution in [1.29, 1.82) is 0 Å². The number of aromatic nitrogens is 2. The number of hydrogen-bond acceptors (Lipinski definition) is 7. The van der Waals surface area contributed by atoms with Crippen molar-refractivity contribution >= 4 is 12.1 Å². The van der Waals surface area contributed by atoms with E-state index in [1.807, 2.05) is 49.8 Å². The van der Waals surface area contributed by atoms with Crippen LogP contribution in [-0.4, -0.2) is 75.1 Å². The van der Waals surface area contributed by atoms with Crippen molar-refractivity contribution in [2.45, 2.75) is 6.54 Å². The Labute approximate surface area is 200 Å². The van der Waals surface area contributed by atoms with E-state index in [0.717, 1.165) is 66.7 Å². The summed E-state index contributed by atoms with van der Waals surface area (Å²) in [5.41, 5.74) is 4.12. The first-order valence-corrected chi connectivity index (χ1v) is 11.3. The van der Waals surface area contributed by atoms with Crippen LogP contribution in [-0.2, 0) is 16.1 Å². The minimum atomic E-state index is 0.507. The highest BCUT2D eigenvalue weighted by Crippen LogP contribution is 2.30. The zero-order valence-electron chi connectivity index (χ0n) is 19.8. The Morgan fingerprint density at radius 1 is 1.15 bits per heavy atom. The molecule has 0 saturated carbocycles. The standard InChI is InChI=1S/C16H22N4O2.C9H11NO2/c1-17-15-3-2-13(14-11-18-19-12-14)10-16(15)22-9-6-20-4-7-21-8-5-20;1-12-9-5-3-2-4-8(9)6-10-7-11/h2-3,10-12,17H,4-9H2,1H3,(H,18,19);2-5,7H,6H2,1H3,(H,10,11). The van der Waals surface area contributed by atoms with Gasteiger partial charge in [-0.2, -0.15) is 5.10 Å². The summed E-state index contributed by atoms with van der Waals surface area (Å²) < 4.78 is 16.4. The maximum absolute atomic E-state index is 10.0. The summed E-state index contributed by atoms with van der Waals surface area (Å²) in [7, 11) is 3.52. The largest absolute Gasteiger partial charge is 0.496 e. The van der Waals surface area contributed by atoms with E-state index in [-0.39, 0.29) is 0 Å². The van der Waals surface area contributed by atoms with Gasteiger partial charge in [0.25, 0.3) is 0 Å². The summed E-state index contributed by atoms with van der Waals surface area (Å²) in [4.78, 5) is 12.4. The van der Waals surface area contributed by atoms with Crippen LogP contribution in [0.1, 0.15) is 5.56 Å². The van der Waals surface area contributed by atoms with Crippen LogP contribution in [0.3, 0.4) is 0 Å². The second-order valence-electron chi connectivity index (χ2n) is 7.56. The Kier molecular flexibility index (Phi) is 10.2. The van der Waals surface area contributed by atoms with Gasteiger partial charge in [0.2, 0.25) is 6.41 Å². The minimum Gasteiger partial charge on any atom is -0.496 e.